The normalized spacial score (nSPS) is 12.2. The summed E-state index contributed by atoms with van der Waals surface area (Å²) in [5.41, 5.74) is 6.06. The Hall–Kier alpha value is -2.68. The number of aryl methyl sites for hydroxylation is 2. The molecule has 0 aliphatic carbocycles. The van der Waals surface area contributed by atoms with Crippen molar-refractivity contribution in [3.05, 3.63) is 64.8 Å². The Morgan fingerprint density at radius 3 is 2.22 bits per heavy atom. The molecule has 3 heteroatoms. The Bertz CT molecular complexity index is 975. The third-order valence-electron chi connectivity index (χ3n) is 4.96. The zero-order valence-corrected chi connectivity index (χ0v) is 16.9. The molecule has 0 radical (unpaired) electrons. The van der Waals surface area contributed by atoms with Gasteiger partial charge in [-0.25, -0.2) is 4.98 Å². The van der Waals surface area contributed by atoms with Crippen LogP contribution in [0.4, 0.5) is 5.69 Å². The van der Waals surface area contributed by atoms with E-state index in [2.05, 4.69) is 57.8 Å². The number of phenols is 1. The van der Waals surface area contributed by atoms with Gasteiger partial charge in [-0.15, -0.1) is 0 Å². The Morgan fingerprint density at radius 1 is 0.963 bits per heavy atom. The highest BCUT2D eigenvalue weighted by Gasteiger charge is 2.18. The van der Waals surface area contributed by atoms with Crippen molar-refractivity contribution in [2.45, 2.75) is 52.9 Å². The van der Waals surface area contributed by atoms with Gasteiger partial charge in [0.25, 0.3) is 0 Å². The van der Waals surface area contributed by atoms with Gasteiger partial charge in [0.15, 0.2) is 0 Å². The molecule has 2 aromatic carbocycles. The number of benzene rings is 2. The molecule has 0 atom stereocenters. The predicted octanol–water partition coefficient (Wildman–Crippen LogP) is 6.11. The maximum absolute atomic E-state index is 10.3. The minimum atomic E-state index is -0.0146. The summed E-state index contributed by atoms with van der Waals surface area (Å²) >= 11 is 0. The first-order chi connectivity index (χ1) is 12.8. The lowest BCUT2D eigenvalue weighted by molar-refractivity contribution is 0.479. The highest BCUT2D eigenvalue weighted by molar-refractivity contribution is 5.92. The molecule has 0 fully saturated rings. The first-order valence-electron chi connectivity index (χ1n) is 9.63. The zero-order valence-electron chi connectivity index (χ0n) is 16.9. The van der Waals surface area contributed by atoms with Crippen LogP contribution in [0.1, 0.15) is 57.0 Å². The highest BCUT2D eigenvalue weighted by atomic mass is 16.3. The summed E-state index contributed by atoms with van der Waals surface area (Å²) < 4.78 is 0. The molecular formula is C24H28N2O. The number of pyridine rings is 1. The Morgan fingerprint density at radius 2 is 1.63 bits per heavy atom. The van der Waals surface area contributed by atoms with Gasteiger partial charge in [0, 0.05) is 5.39 Å². The van der Waals surface area contributed by atoms with Gasteiger partial charge in [0.05, 0.1) is 17.6 Å². The van der Waals surface area contributed by atoms with Crippen molar-refractivity contribution >= 4 is 22.8 Å². The van der Waals surface area contributed by atoms with Gasteiger partial charge in [-0.3, -0.25) is 4.99 Å². The minimum absolute atomic E-state index is 0.0146. The summed E-state index contributed by atoms with van der Waals surface area (Å²) in [6, 6.07) is 14.1. The summed E-state index contributed by atoms with van der Waals surface area (Å²) in [4.78, 5) is 9.43. The molecule has 0 bridgehead atoms. The lowest BCUT2D eigenvalue weighted by Crippen LogP contribution is -2.11. The molecule has 0 unspecified atom stereocenters. The fraction of sp³-hybridized carbons (Fsp3) is 0.333. The van der Waals surface area contributed by atoms with Gasteiger partial charge in [-0.2, -0.15) is 0 Å². The number of rotatable bonds is 4. The monoisotopic (exact) mass is 360 g/mol. The van der Waals surface area contributed by atoms with Gasteiger partial charge >= 0.3 is 0 Å². The molecule has 1 aromatic heterocycles. The zero-order chi connectivity index (χ0) is 19.6. The van der Waals surface area contributed by atoms with Gasteiger partial charge in [0.2, 0.25) is 0 Å². The molecule has 1 N–H and O–H groups in total. The van der Waals surface area contributed by atoms with E-state index in [1.165, 1.54) is 16.7 Å². The minimum Gasteiger partial charge on any atom is -0.506 e. The molecule has 27 heavy (non-hydrogen) atoms. The van der Waals surface area contributed by atoms with Crippen molar-refractivity contribution < 1.29 is 5.11 Å². The Labute approximate surface area is 161 Å². The van der Waals surface area contributed by atoms with Gasteiger partial charge < -0.3 is 5.11 Å². The number of aromatic nitrogens is 1. The summed E-state index contributed by atoms with van der Waals surface area (Å²) in [5, 5.41) is 11.3. The summed E-state index contributed by atoms with van der Waals surface area (Å²) in [6.45, 7) is 10.8. The van der Waals surface area contributed by atoms with E-state index in [0.29, 0.717) is 5.52 Å². The van der Waals surface area contributed by atoms with Crippen LogP contribution in [0.15, 0.2) is 47.5 Å². The van der Waals surface area contributed by atoms with E-state index in [0.717, 1.165) is 29.6 Å². The van der Waals surface area contributed by atoms with E-state index in [9.17, 15) is 5.11 Å². The second kappa shape index (κ2) is 7.51. The van der Waals surface area contributed by atoms with Crippen molar-refractivity contribution in [3.8, 4) is 5.75 Å². The Balaban J connectivity index is 2.07. The van der Waals surface area contributed by atoms with Crippen molar-refractivity contribution in [2.24, 2.45) is 4.99 Å². The summed E-state index contributed by atoms with van der Waals surface area (Å²) in [7, 11) is 0. The van der Waals surface area contributed by atoms with Crippen LogP contribution in [0.25, 0.3) is 10.9 Å². The van der Waals surface area contributed by atoms with Gasteiger partial charge in [-0.05, 0) is 47.1 Å². The molecule has 140 valence electrons. The number of fused-ring (bicyclic) bond motifs is 1. The maximum Gasteiger partial charge on any atom is 0.141 e. The van der Waals surface area contributed by atoms with E-state index in [1.54, 1.807) is 12.3 Å². The molecule has 3 rings (SSSR count). The quantitative estimate of drug-likeness (QED) is 0.570. The number of hydrogen-bond donors (Lipinski definition) is 1. The maximum atomic E-state index is 10.3. The number of aromatic hydroxyl groups is 1. The number of para-hydroxylation sites is 1. The Kier molecular flexibility index (Phi) is 5.31. The molecule has 0 aliphatic rings. The number of hydrogen-bond acceptors (Lipinski definition) is 3. The molecule has 3 aromatic rings. The van der Waals surface area contributed by atoms with Crippen LogP contribution in [0.5, 0.6) is 5.75 Å². The summed E-state index contributed by atoms with van der Waals surface area (Å²) in [6.07, 6.45) is 3.69. The van der Waals surface area contributed by atoms with Crippen LogP contribution in [-0.2, 0) is 18.3 Å². The molecule has 0 saturated heterocycles. The molecule has 0 amide bonds. The standard InChI is InChI=1S/C24H28N2O/c1-6-16-9-8-10-17(7-2)22(16)25-15-18-11-12-19-20(24(3,4)5)13-14-21(27)23(19)26-18/h8-15,27H,6-7H2,1-5H3. The molecule has 3 nitrogen and oxygen atoms in total. The van der Waals surface area contributed by atoms with Crippen LogP contribution in [0.3, 0.4) is 0 Å². The van der Waals surface area contributed by atoms with E-state index in [-0.39, 0.29) is 11.2 Å². The average Bonchev–Trinajstić information content (AvgIpc) is 2.65. The first kappa shape index (κ1) is 19.1. The van der Waals surface area contributed by atoms with Crippen LogP contribution in [0.2, 0.25) is 0 Å². The van der Waals surface area contributed by atoms with Crippen LogP contribution < -0.4 is 0 Å². The fourth-order valence-electron chi connectivity index (χ4n) is 3.46. The van der Waals surface area contributed by atoms with E-state index >= 15 is 0 Å². The SMILES string of the molecule is CCc1cccc(CC)c1N=Cc1ccc2c(C(C)(C)C)ccc(O)c2n1. The van der Waals surface area contributed by atoms with Crippen LogP contribution in [-0.4, -0.2) is 16.3 Å². The molecular weight excluding hydrogens is 332 g/mol. The third kappa shape index (κ3) is 3.87. The largest absolute Gasteiger partial charge is 0.506 e. The van der Waals surface area contributed by atoms with Gasteiger partial charge in [0.1, 0.15) is 11.3 Å². The third-order valence-corrected chi connectivity index (χ3v) is 4.96. The smallest absolute Gasteiger partial charge is 0.141 e. The second-order valence-electron chi connectivity index (χ2n) is 7.90. The topological polar surface area (TPSA) is 45.5 Å². The molecule has 0 saturated carbocycles. The van der Waals surface area contributed by atoms with Crippen molar-refractivity contribution in [2.75, 3.05) is 0 Å². The average molecular weight is 361 g/mol. The van der Waals surface area contributed by atoms with Crippen LogP contribution >= 0.6 is 0 Å². The summed E-state index contributed by atoms with van der Waals surface area (Å²) in [5.74, 6) is 0.205. The highest BCUT2D eigenvalue weighted by Crippen LogP contribution is 2.33. The number of nitrogens with zero attached hydrogens (tertiary/aromatic N) is 2. The second-order valence-corrected chi connectivity index (χ2v) is 7.90. The number of aliphatic imine (C=N–C) groups is 1. The predicted molar refractivity (Wildman–Crippen MR) is 115 cm³/mol. The molecule has 0 spiro atoms. The van der Waals surface area contributed by atoms with E-state index in [1.807, 2.05) is 18.2 Å². The number of phenolic OH excluding ortho intramolecular Hbond substituents is 1. The van der Waals surface area contributed by atoms with Gasteiger partial charge in [-0.1, -0.05) is 65.0 Å². The van der Waals surface area contributed by atoms with Crippen molar-refractivity contribution in [3.63, 3.8) is 0 Å². The molecule has 1 heterocycles. The van der Waals surface area contributed by atoms with Crippen LogP contribution in [0, 0.1) is 0 Å². The molecule has 0 aliphatic heterocycles. The van der Waals surface area contributed by atoms with E-state index in [4.69, 9.17) is 4.99 Å². The fourth-order valence-corrected chi connectivity index (χ4v) is 3.46. The van der Waals surface area contributed by atoms with Crippen molar-refractivity contribution in [1.29, 1.82) is 0 Å². The lowest BCUT2D eigenvalue weighted by atomic mass is 9.84. The lowest BCUT2D eigenvalue weighted by Gasteiger charge is -2.21. The van der Waals surface area contributed by atoms with Crippen molar-refractivity contribution in [1.82, 2.24) is 4.98 Å². The first-order valence-corrected chi connectivity index (χ1v) is 9.63. The van der Waals surface area contributed by atoms with E-state index < -0.39 is 0 Å².